The van der Waals surface area contributed by atoms with Crippen molar-refractivity contribution >= 4 is 105 Å². The quantitative estimate of drug-likeness (QED) is 0.00790. The third-order valence-corrected chi connectivity index (χ3v) is 11.5. The fourth-order valence-electron chi connectivity index (χ4n) is 4.27. The van der Waals surface area contributed by atoms with Crippen molar-refractivity contribution in [2.45, 2.75) is 24.5 Å². The van der Waals surface area contributed by atoms with Gasteiger partial charge in [0.25, 0.3) is 10.1 Å². The topological polar surface area (TPSA) is 399 Å². The molecule has 0 radical (unpaired) electrons. The van der Waals surface area contributed by atoms with Crippen LogP contribution in [0.3, 0.4) is 0 Å². The number of anilines is 1. The van der Waals surface area contributed by atoms with Crippen LogP contribution in [0.1, 0.15) is 0 Å². The number of thioether (sulfide) groups is 1. The molecule has 0 aliphatic heterocycles. The number of hydrogen-bond donors (Lipinski definition) is 6. The average Bonchev–Trinajstić information content (AvgIpc) is 3.17. The van der Waals surface area contributed by atoms with Gasteiger partial charge in [-0.3, -0.25) is 19.0 Å². The number of aromatic hydroxyl groups is 1. The smallest absolute Gasteiger partial charge is 0.433 e. The van der Waals surface area contributed by atoms with Gasteiger partial charge in [-0.15, -0.1) is 28.9 Å². The van der Waals surface area contributed by atoms with Crippen molar-refractivity contribution in [1.29, 1.82) is 0 Å². The van der Waals surface area contributed by atoms with Crippen LogP contribution in [0.25, 0.3) is 10.8 Å². The van der Waals surface area contributed by atoms with Gasteiger partial charge in [0.05, 0.1) is 73.1 Å². The van der Waals surface area contributed by atoms with Crippen molar-refractivity contribution in [3.63, 3.8) is 0 Å². The predicted octanol–water partition coefficient (Wildman–Crippen LogP) is 5.39. The number of rotatable bonds is 19. The number of nitrogen functional groups attached to an aromatic ring is 1. The van der Waals surface area contributed by atoms with E-state index in [0.717, 1.165) is 41.0 Å². The van der Waals surface area contributed by atoms with E-state index >= 15 is 0 Å². The van der Waals surface area contributed by atoms with Crippen molar-refractivity contribution in [2.24, 2.45) is 25.7 Å². The number of phenols is 1. The van der Waals surface area contributed by atoms with Crippen LogP contribution < -0.4 is 5.73 Å². The molecule has 26 nitrogen and oxygen atoms in total. The highest BCUT2D eigenvalue weighted by molar-refractivity contribution is 8.04. The van der Waals surface area contributed by atoms with E-state index in [4.69, 9.17) is 20.8 Å². The minimum Gasteiger partial charge on any atom is -0.505 e. The number of fused-ring (bicyclic) bond motifs is 1. The Labute approximate surface area is 344 Å². The lowest BCUT2D eigenvalue weighted by atomic mass is 10.1. The zero-order chi connectivity index (χ0) is 42.7. The van der Waals surface area contributed by atoms with E-state index in [1.165, 1.54) is 37.4 Å². The van der Waals surface area contributed by atoms with Crippen molar-refractivity contribution in [1.82, 2.24) is 5.01 Å². The summed E-state index contributed by atoms with van der Waals surface area (Å²) in [4.78, 5) is 13.6. The highest BCUT2D eigenvalue weighted by Crippen LogP contribution is 2.49. The first-order chi connectivity index (χ1) is 27.4. The molecule has 0 heterocycles. The maximum Gasteiger partial charge on any atom is 0.433 e. The molecule has 0 saturated heterocycles. The Bertz CT molecular complexity index is 2620. The Kier molecular flexibility index (Phi) is 17.7. The molecule has 0 aliphatic rings. The van der Waals surface area contributed by atoms with Crippen LogP contribution in [-0.4, -0.2) is 79.8 Å². The van der Waals surface area contributed by atoms with E-state index in [1.807, 2.05) is 6.11 Å². The zero-order valence-electron chi connectivity index (χ0n) is 28.9. The maximum absolute atomic E-state index is 12.9. The van der Waals surface area contributed by atoms with Crippen LogP contribution in [-0.2, 0) is 58.3 Å². The lowest BCUT2D eigenvalue weighted by Crippen LogP contribution is -2.21. The van der Waals surface area contributed by atoms with Gasteiger partial charge in [-0.1, -0.05) is 10.1 Å². The fourth-order valence-corrected chi connectivity index (χ4v) is 7.89. The van der Waals surface area contributed by atoms with Crippen LogP contribution >= 0.6 is 35.8 Å². The molecule has 32 heteroatoms. The normalized spacial score (nSPS) is 12.0. The molecule has 0 aromatic heterocycles. The summed E-state index contributed by atoms with van der Waals surface area (Å²) < 4.78 is 103. The lowest BCUT2D eigenvalue weighted by molar-refractivity contribution is -0.432. The summed E-state index contributed by atoms with van der Waals surface area (Å²) in [6.45, 7) is -0.261. The molecule has 0 spiro atoms. The monoisotopic (exact) mass is 943 g/mol. The minimum absolute atomic E-state index is 0. The number of hydrogen-bond acceptors (Lipinski definition) is 25. The number of sulfone groups is 1. The second-order valence-electron chi connectivity index (χ2n) is 10.4. The molecule has 0 fully saturated rings. The van der Waals surface area contributed by atoms with Crippen molar-refractivity contribution in [2.75, 3.05) is 25.1 Å². The SMILES string of the molecule is CN(CCS(=O)(=O)c1ccc(N=Nc2c(S(=O)(=O)O)cc3cc(SOOO)c(N=Nc4ccc(SC#COOS(=O)(=O)O)cc4)c(N)c3c2O)c(SOOO)c1)N=O.O. The van der Waals surface area contributed by atoms with Crippen LogP contribution in [0.2, 0.25) is 0 Å². The average molecular weight is 944 g/mol. The molecular weight excluding hydrogens is 919 g/mol. The van der Waals surface area contributed by atoms with Crippen LogP contribution in [0, 0.1) is 16.3 Å². The first kappa shape index (κ1) is 48.6. The van der Waals surface area contributed by atoms with Crippen LogP contribution in [0.5, 0.6) is 5.75 Å². The Morgan fingerprint density at radius 2 is 1.49 bits per heavy atom. The second kappa shape index (κ2) is 21.5. The summed E-state index contributed by atoms with van der Waals surface area (Å²) in [7, 11) is -12.8. The van der Waals surface area contributed by atoms with Gasteiger partial charge in [0.15, 0.2) is 21.7 Å². The zero-order valence-corrected chi connectivity index (χ0v) is 33.8. The van der Waals surface area contributed by atoms with Gasteiger partial charge >= 0.3 is 10.4 Å². The number of phenolic OH excluding ortho intramolecular Hbond substituents is 1. The molecule has 318 valence electrons. The first-order valence-corrected chi connectivity index (χ1v) is 21.4. The molecule has 0 bridgehead atoms. The van der Waals surface area contributed by atoms with Gasteiger partial charge in [-0.2, -0.15) is 21.9 Å². The molecule has 4 aromatic carbocycles. The summed E-state index contributed by atoms with van der Waals surface area (Å²) in [6.07, 6.45) is 1.88. The molecule has 0 saturated carbocycles. The van der Waals surface area contributed by atoms with Gasteiger partial charge < -0.3 is 16.3 Å². The highest BCUT2D eigenvalue weighted by atomic mass is 32.3. The number of nitrogens with two attached hydrogens (primary N) is 1. The van der Waals surface area contributed by atoms with E-state index in [0.29, 0.717) is 16.9 Å². The number of benzene rings is 4. The number of nitroso groups, excluding NO2 is 1. The molecule has 9 N–H and O–H groups in total. The fraction of sp³-hybridized carbons (Fsp3) is 0.111. The van der Waals surface area contributed by atoms with Gasteiger partial charge in [-0.05, 0) is 76.1 Å². The molecule has 4 aromatic rings. The number of nitrogens with zero attached hydrogens (tertiary/aromatic N) is 6. The van der Waals surface area contributed by atoms with Gasteiger partial charge in [0, 0.05) is 17.2 Å². The van der Waals surface area contributed by atoms with Crippen molar-refractivity contribution < 1.29 is 83.4 Å². The molecule has 0 aliphatic carbocycles. The number of azo groups is 2. The maximum atomic E-state index is 12.9. The Hall–Kier alpha value is -4.80. The third kappa shape index (κ3) is 13.6. The standard InChI is InChI=1S/C27H23N7O18S6.H2O/c1-34(33-36)8-11-56(39,40)18-6-7-19(20(14-18)54-50-48-37)30-32-26-22(57(41,42)43)13-15-12-21(55-51-49-38)25(24(28)23(15)27(26)35)31-29-16-2-4-17(5-3-16)53-10-9-47-52-58(44,45)46;/h2-7,12-14,35,37-38H,8,11,28H2,1H3,(H,41,42,43)(H,44,45,46);1H2. The predicted molar refractivity (Wildman–Crippen MR) is 204 cm³/mol. The van der Waals surface area contributed by atoms with Crippen molar-refractivity contribution in [3.8, 4) is 17.1 Å². The van der Waals surface area contributed by atoms with E-state index in [1.54, 1.807) is 0 Å². The van der Waals surface area contributed by atoms with Crippen LogP contribution in [0.4, 0.5) is 28.4 Å². The highest BCUT2D eigenvalue weighted by Gasteiger charge is 2.26. The second-order valence-corrected chi connectivity index (χ2v) is 17.3. The summed E-state index contributed by atoms with van der Waals surface area (Å²) in [6, 6.07) is 11.2. The van der Waals surface area contributed by atoms with E-state index < -0.39 is 52.4 Å². The van der Waals surface area contributed by atoms with E-state index in [2.05, 4.69) is 59.0 Å². The molecule has 0 unspecified atom stereocenters. The Morgan fingerprint density at radius 1 is 0.847 bits per heavy atom. The molecular formula is C27H25N7O19S6. The summed E-state index contributed by atoms with van der Waals surface area (Å²) >= 11 is 1.46. The van der Waals surface area contributed by atoms with E-state index in [-0.39, 0.29) is 72.3 Å². The first-order valence-electron chi connectivity index (χ1n) is 14.6. The van der Waals surface area contributed by atoms with Crippen LogP contribution in [0.15, 0.2) is 105 Å². The van der Waals surface area contributed by atoms with Gasteiger partial charge in [0.2, 0.25) is 0 Å². The minimum atomic E-state index is -5.19. The lowest BCUT2D eigenvalue weighted by Gasteiger charge is -2.14. The Morgan fingerprint density at radius 3 is 2.10 bits per heavy atom. The summed E-state index contributed by atoms with van der Waals surface area (Å²) in [5.41, 5.74) is 4.93. The van der Waals surface area contributed by atoms with Gasteiger partial charge in [0.1, 0.15) is 22.0 Å². The summed E-state index contributed by atoms with van der Waals surface area (Å²) in [5.74, 6) is -1.49. The Balaban J connectivity index is 0.00000930. The largest absolute Gasteiger partial charge is 0.505 e. The third-order valence-electron chi connectivity index (χ3n) is 6.75. The molecule has 0 atom stereocenters. The molecule has 4 rings (SSSR count). The molecule has 59 heavy (non-hydrogen) atoms. The van der Waals surface area contributed by atoms with E-state index in [9.17, 15) is 39.8 Å². The van der Waals surface area contributed by atoms with Crippen molar-refractivity contribution in [3.05, 3.63) is 59.5 Å². The molecule has 0 amide bonds. The van der Waals surface area contributed by atoms with Gasteiger partial charge in [-0.25, -0.2) is 18.9 Å². The summed E-state index contributed by atoms with van der Waals surface area (Å²) in [5, 5.41) is 57.4.